The van der Waals surface area contributed by atoms with Crippen LogP contribution in [-0.2, 0) is 4.79 Å². The lowest BCUT2D eigenvalue weighted by atomic mass is 10.1. The zero-order chi connectivity index (χ0) is 15.4. The van der Waals surface area contributed by atoms with Crippen molar-refractivity contribution in [3.8, 4) is 0 Å². The van der Waals surface area contributed by atoms with E-state index in [-0.39, 0.29) is 24.5 Å². The summed E-state index contributed by atoms with van der Waals surface area (Å²) in [6.45, 7) is 0.136. The molecular weight excluding hydrogens is 296 g/mol. The quantitative estimate of drug-likeness (QED) is 0.657. The molecule has 114 valence electrons. The number of amides is 1. The maximum Gasteiger partial charge on any atom is 0.230 e. The number of aromatic nitrogens is 1. The maximum atomic E-state index is 12.0. The van der Waals surface area contributed by atoms with Crippen molar-refractivity contribution in [3.63, 3.8) is 0 Å². The van der Waals surface area contributed by atoms with Crippen LogP contribution in [0.15, 0.2) is 53.7 Å². The van der Waals surface area contributed by atoms with Crippen molar-refractivity contribution in [1.82, 2.24) is 10.3 Å². The van der Waals surface area contributed by atoms with Gasteiger partial charge in [-0.3, -0.25) is 4.79 Å². The Kier molecular flexibility index (Phi) is 4.75. The molecule has 1 heterocycles. The molecule has 0 radical (unpaired) electrons. The summed E-state index contributed by atoms with van der Waals surface area (Å²) in [5.41, 5.74) is 0. The third-order valence-corrected chi connectivity index (χ3v) is 4.74. The zero-order valence-corrected chi connectivity index (χ0v) is 12.9. The molecule has 0 saturated carbocycles. The lowest BCUT2D eigenvalue weighted by molar-refractivity contribution is -0.119. The Morgan fingerprint density at radius 2 is 2.18 bits per heavy atom. The van der Waals surface area contributed by atoms with Gasteiger partial charge in [-0.1, -0.05) is 48.2 Å². The van der Waals surface area contributed by atoms with Gasteiger partial charge in [0.15, 0.2) is 0 Å². The average Bonchev–Trinajstić information content (AvgIpc) is 3.00. The Hall–Kier alpha value is -1.85. The fourth-order valence-corrected chi connectivity index (χ4v) is 3.43. The van der Waals surface area contributed by atoms with Crippen molar-refractivity contribution in [2.75, 3.05) is 12.4 Å². The molecular formula is C17H18N2O2S. The molecule has 2 N–H and O–H groups in total. The molecule has 2 aromatic rings. The third-order valence-electron chi connectivity index (χ3n) is 3.73. The molecule has 4 nitrogen and oxygen atoms in total. The van der Waals surface area contributed by atoms with Gasteiger partial charge in [0.25, 0.3) is 0 Å². The summed E-state index contributed by atoms with van der Waals surface area (Å²) in [6.07, 6.45) is 6.47. The first kappa shape index (κ1) is 15.1. The minimum atomic E-state index is -0.00651. The summed E-state index contributed by atoms with van der Waals surface area (Å²) in [5, 5.41) is 15.2. The van der Waals surface area contributed by atoms with Crippen molar-refractivity contribution in [3.05, 3.63) is 48.7 Å². The fraction of sp³-hybridized carbons (Fsp3) is 0.294. The number of aliphatic hydroxyl groups excluding tert-OH is 1. The smallest absolute Gasteiger partial charge is 0.230 e. The number of nitrogens with one attached hydrogen (secondary N) is 1. The van der Waals surface area contributed by atoms with E-state index in [9.17, 15) is 4.79 Å². The third kappa shape index (κ3) is 3.48. The zero-order valence-electron chi connectivity index (χ0n) is 12.1. The Morgan fingerprint density at radius 3 is 3.00 bits per heavy atom. The number of carbonyl (C=O) groups excluding carboxylic acids is 1. The number of thioether (sulfide) groups is 1. The molecule has 22 heavy (non-hydrogen) atoms. The Balaban J connectivity index is 1.58. The molecule has 1 aliphatic carbocycles. The van der Waals surface area contributed by atoms with Crippen LogP contribution in [0.4, 0.5) is 0 Å². The SMILES string of the molecule is O=C(CSc1nccc2ccccc12)N[C@@H]1C=C[C@H](CO)C1. The molecule has 0 spiro atoms. The number of aliphatic hydroxyl groups is 1. The largest absolute Gasteiger partial charge is 0.396 e. The molecule has 1 amide bonds. The Labute approximate surface area is 133 Å². The van der Waals surface area contributed by atoms with E-state index in [1.54, 1.807) is 6.20 Å². The molecule has 0 aliphatic heterocycles. The van der Waals surface area contributed by atoms with Crippen molar-refractivity contribution in [2.45, 2.75) is 17.5 Å². The summed E-state index contributed by atoms with van der Waals surface area (Å²) < 4.78 is 0. The summed E-state index contributed by atoms with van der Waals surface area (Å²) in [7, 11) is 0. The van der Waals surface area contributed by atoms with Gasteiger partial charge in [-0.05, 0) is 17.9 Å². The topological polar surface area (TPSA) is 62.2 Å². The predicted molar refractivity (Wildman–Crippen MR) is 88.7 cm³/mol. The second-order valence-electron chi connectivity index (χ2n) is 5.36. The van der Waals surface area contributed by atoms with E-state index in [1.807, 2.05) is 42.5 Å². The van der Waals surface area contributed by atoms with Crippen LogP contribution < -0.4 is 5.32 Å². The van der Waals surface area contributed by atoms with E-state index in [0.29, 0.717) is 5.75 Å². The monoisotopic (exact) mass is 314 g/mol. The number of benzene rings is 1. The fourth-order valence-electron chi connectivity index (χ4n) is 2.61. The maximum absolute atomic E-state index is 12.0. The van der Waals surface area contributed by atoms with E-state index in [4.69, 9.17) is 5.11 Å². The van der Waals surface area contributed by atoms with Crippen LogP contribution >= 0.6 is 11.8 Å². The second-order valence-corrected chi connectivity index (χ2v) is 6.33. The van der Waals surface area contributed by atoms with Crippen molar-refractivity contribution < 1.29 is 9.90 Å². The van der Waals surface area contributed by atoms with E-state index < -0.39 is 0 Å². The standard InChI is InChI=1S/C17H18N2O2S/c20-10-12-5-6-14(9-12)19-16(21)11-22-17-15-4-2-1-3-13(15)7-8-18-17/h1-8,12,14,20H,9-11H2,(H,19,21)/t12-,14+/m0/s1. The summed E-state index contributed by atoms with van der Waals surface area (Å²) in [5.74, 6) is 0.500. The van der Waals surface area contributed by atoms with Crippen LogP contribution in [0, 0.1) is 5.92 Å². The highest BCUT2D eigenvalue weighted by Crippen LogP contribution is 2.25. The molecule has 0 unspecified atom stereocenters. The van der Waals surface area contributed by atoms with Crippen LogP contribution in [0.2, 0.25) is 0 Å². The first-order valence-electron chi connectivity index (χ1n) is 7.31. The molecule has 1 aromatic heterocycles. The lowest BCUT2D eigenvalue weighted by Crippen LogP contribution is -2.34. The molecule has 5 heteroatoms. The molecule has 3 rings (SSSR count). The number of carbonyl (C=O) groups is 1. The van der Waals surface area contributed by atoms with E-state index in [1.165, 1.54) is 11.8 Å². The number of fused-ring (bicyclic) bond motifs is 1. The summed E-state index contributed by atoms with van der Waals surface area (Å²) >= 11 is 1.45. The van der Waals surface area contributed by atoms with Gasteiger partial charge in [0.1, 0.15) is 5.03 Å². The van der Waals surface area contributed by atoms with Gasteiger partial charge >= 0.3 is 0 Å². The van der Waals surface area contributed by atoms with Gasteiger partial charge in [-0.2, -0.15) is 0 Å². The Morgan fingerprint density at radius 1 is 1.32 bits per heavy atom. The average molecular weight is 314 g/mol. The molecule has 0 saturated heterocycles. The Bertz CT molecular complexity index is 697. The van der Waals surface area contributed by atoms with Crippen LogP contribution in [0.3, 0.4) is 0 Å². The normalized spacial score (nSPS) is 20.4. The van der Waals surface area contributed by atoms with Crippen molar-refractivity contribution >= 4 is 28.4 Å². The van der Waals surface area contributed by atoms with Crippen LogP contribution in [0.25, 0.3) is 10.8 Å². The van der Waals surface area contributed by atoms with Crippen LogP contribution in [0.1, 0.15) is 6.42 Å². The number of pyridine rings is 1. The van der Waals surface area contributed by atoms with Crippen LogP contribution in [-0.4, -0.2) is 34.4 Å². The molecule has 1 aliphatic rings. The van der Waals surface area contributed by atoms with Gasteiger partial charge < -0.3 is 10.4 Å². The molecule has 1 aromatic carbocycles. The molecule has 0 bridgehead atoms. The summed E-state index contributed by atoms with van der Waals surface area (Å²) in [6, 6.07) is 10.0. The second kappa shape index (κ2) is 6.94. The highest BCUT2D eigenvalue weighted by atomic mass is 32.2. The molecule has 0 fully saturated rings. The highest BCUT2D eigenvalue weighted by molar-refractivity contribution is 8.00. The van der Waals surface area contributed by atoms with Gasteiger partial charge in [-0.25, -0.2) is 4.98 Å². The van der Waals surface area contributed by atoms with Crippen molar-refractivity contribution in [2.24, 2.45) is 5.92 Å². The van der Waals surface area contributed by atoms with Gasteiger partial charge in [0.05, 0.1) is 5.75 Å². The van der Waals surface area contributed by atoms with Gasteiger partial charge in [-0.15, -0.1) is 0 Å². The first-order valence-corrected chi connectivity index (χ1v) is 8.30. The first-order chi connectivity index (χ1) is 10.8. The van der Waals surface area contributed by atoms with E-state index in [0.717, 1.165) is 22.2 Å². The van der Waals surface area contributed by atoms with E-state index in [2.05, 4.69) is 10.3 Å². The number of hydrogen-bond donors (Lipinski definition) is 2. The number of rotatable bonds is 5. The predicted octanol–water partition coefficient (Wildman–Crippen LogP) is 2.38. The summed E-state index contributed by atoms with van der Waals surface area (Å²) in [4.78, 5) is 16.4. The lowest BCUT2D eigenvalue weighted by Gasteiger charge is -2.12. The molecule has 2 atom stereocenters. The number of hydrogen-bond acceptors (Lipinski definition) is 4. The minimum absolute atomic E-state index is 0.00651. The van der Waals surface area contributed by atoms with Crippen molar-refractivity contribution in [1.29, 1.82) is 0 Å². The highest BCUT2D eigenvalue weighted by Gasteiger charge is 2.19. The van der Waals surface area contributed by atoms with E-state index >= 15 is 0 Å². The van der Waals surface area contributed by atoms with Crippen LogP contribution in [0.5, 0.6) is 0 Å². The number of nitrogens with zero attached hydrogens (tertiary/aromatic N) is 1. The van der Waals surface area contributed by atoms with Gasteiger partial charge in [0.2, 0.25) is 5.91 Å². The minimum Gasteiger partial charge on any atom is -0.396 e. The van der Waals surface area contributed by atoms with Gasteiger partial charge in [0, 0.05) is 30.1 Å².